The van der Waals surface area contributed by atoms with Gasteiger partial charge in [-0.1, -0.05) is 0 Å². The van der Waals surface area contributed by atoms with E-state index in [2.05, 4.69) is 25.6 Å². The number of aromatic amines is 1. The van der Waals surface area contributed by atoms with Crippen LogP contribution in [0.25, 0.3) is 22.6 Å². The highest BCUT2D eigenvalue weighted by atomic mass is 19.1. The number of nitrogens with zero attached hydrogens (tertiary/aromatic N) is 3. The van der Waals surface area contributed by atoms with Crippen molar-refractivity contribution in [1.82, 2.24) is 25.3 Å². The quantitative estimate of drug-likeness (QED) is 0.433. The normalized spacial score (nSPS) is 22.0. The van der Waals surface area contributed by atoms with Crippen LogP contribution >= 0.6 is 0 Å². The lowest BCUT2D eigenvalue weighted by Crippen LogP contribution is -2.49. The van der Waals surface area contributed by atoms with Crippen molar-refractivity contribution >= 4 is 11.9 Å². The van der Waals surface area contributed by atoms with Crippen molar-refractivity contribution in [3.05, 3.63) is 48.2 Å². The van der Waals surface area contributed by atoms with Gasteiger partial charge in [0.2, 0.25) is 18.1 Å². The van der Waals surface area contributed by atoms with Crippen molar-refractivity contribution in [3.63, 3.8) is 0 Å². The molecule has 3 N–H and O–H groups in total. The van der Waals surface area contributed by atoms with E-state index in [1.54, 1.807) is 24.4 Å². The molecule has 1 aliphatic carbocycles. The standard InChI is InChI=1S/C26H31FN6O3/c1-15(2)30-25-28-11-10-19(31-25)21-20(17-6-8-18(27)9-7-17)32-22(33-21)23-35-13-26(3,14-36-23)24(34)29-12-16-4-5-16/h6-11,15-16,23H,4-5,12-14H2,1-3H3,(H,29,34)(H,32,33)(H,28,30,31). The van der Waals surface area contributed by atoms with Crippen molar-refractivity contribution in [2.24, 2.45) is 11.3 Å². The van der Waals surface area contributed by atoms with Crippen molar-refractivity contribution in [2.75, 3.05) is 25.1 Å². The van der Waals surface area contributed by atoms with Gasteiger partial charge >= 0.3 is 0 Å². The molecule has 0 atom stereocenters. The number of benzene rings is 1. The summed E-state index contributed by atoms with van der Waals surface area (Å²) in [5.41, 5.74) is 1.78. The first kappa shape index (κ1) is 24.3. The molecule has 0 spiro atoms. The van der Waals surface area contributed by atoms with Crippen molar-refractivity contribution in [1.29, 1.82) is 0 Å². The number of hydrogen-bond acceptors (Lipinski definition) is 7. The van der Waals surface area contributed by atoms with E-state index >= 15 is 0 Å². The number of nitrogens with one attached hydrogen (secondary N) is 3. The molecule has 9 nitrogen and oxygen atoms in total. The largest absolute Gasteiger partial charge is 0.355 e. The molecule has 190 valence electrons. The van der Waals surface area contributed by atoms with Gasteiger partial charge in [-0.25, -0.2) is 19.3 Å². The summed E-state index contributed by atoms with van der Waals surface area (Å²) < 4.78 is 25.6. The van der Waals surface area contributed by atoms with Gasteiger partial charge in [0.15, 0.2) is 5.82 Å². The number of halogens is 1. The van der Waals surface area contributed by atoms with Crippen LogP contribution in [-0.2, 0) is 14.3 Å². The van der Waals surface area contributed by atoms with Gasteiger partial charge in [0.05, 0.1) is 35.7 Å². The second-order valence-electron chi connectivity index (χ2n) is 10.1. The topological polar surface area (TPSA) is 114 Å². The molecule has 3 heterocycles. The zero-order chi connectivity index (χ0) is 25.3. The minimum Gasteiger partial charge on any atom is -0.355 e. The number of amides is 1. The summed E-state index contributed by atoms with van der Waals surface area (Å²) in [6, 6.07) is 8.04. The minimum atomic E-state index is -0.780. The first-order valence-electron chi connectivity index (χ1n) is 12.3. The maximum absolute atomic E-state index is 13.6. The fourth-order valence-corrected chi connectivity index (χ4v) is 4.00. The first-order chi connectivity index (χ1) is 17.3. The number of imidazole rings is 1. The Kier molecular flexibility index (Phi) is 6.72. The Morgan fingerprint density at radius 3 is 2.56 bits per heavy atom. The molecule has 1 aromatic carbocycles. The molecule has 2 aliphatic rings. The summed E-state index contributed by atoms with van der Waals surface area (Å²) in [6.45, 7) is 6.95. The first-order valence-corrected chi connectivity index (χ1v) is 12.3. The average Bonchev–Trinajstić information content (AvgIpc) is 3.59. The Hall–Kier alpha value is -3.37. The lowest BCUT2D eigenvalue weighted by atomic mass is 9.91. The third-order valence-electron chi connectivity index (χ3n) is 6.30. The number of ether oxygens (including phenoxy) is 2. The highest BCUT2D eigenvalue weighted by Crippen LogP contribution is 2.36. The monoisotopic (exact) mass is 494 g/mol. The molecule has 5 rings (SSSR count). The van der Waals surface area contributed by atoms with Gasteiger partial charge in [-0.3, -0.25) is 4.79 Å². The third kappa shape index (κ3) is 5.39. The highest BCUT2D eigenvalue weighted by molar-refractivity contribution is 5.82. The zero-order valence-electron chi connectivity index (χ0n) is 20.7. The Balaban J connectivity index is 1.40. The number of aromatic nitrogens is 4. The molecule has 0 radical (unpaired) electrons. The Labute approximate surface area is 209 Å². The molecular weight excluding hydrogens is 463 g/mol. The van der Waals surface area contributed by atoms with Gasteiger partial charge in [0, 0.05) is 24.3 Å². The van der Waals surface area contributed by atoms with E-state index in [1.807, 2.05) is 20.8 Å². The summed E-state index contributed by atoms with van der Waals surface area (Å²) in [5.74, 6) is 1.13. The number of H-pyrrole nitrogens is 1. The summed E-state index contributed by atoms with van der Waals surface area (Å²) >= 11 is 0. The van der Waals surface area contributed by atoms with Crippen LogP contribution in [-0.4, -0.2) is 51.6 Å². The molecule has 3 aromatic rings. The van der Waals surface area contributed by atoms with E-state index in [9.17, 15) is 9.18 Å². The molecule has 36 heavy (non-hydrogen) atoms. The van der Waals surface area contributed by atoms with Crippen LogP contribution in [0.15, 0.2) is 36.5 Å². The highest BCUT2D eigenvalue weighted by Gasteiger charge is 2.41. The molecule has 2 fully saturated rings. The fraction of sp³-hybridized carbons (Fsp3) is 0.462. The number of anilines is 1. The van der Waals surface area contributed by atoms with E-state index in [1.165, 1.54) is 25.0 Å². The van der Waals surface area contributed by atoms with Gasteiger partial charge in [-0.15, -0.1) is 0 Å². The summed E-state index contributed by atoms with van der Waals surface area (Å²) in [6.07, 6.45) is 3.23. The molecule has 2 aromatic heterocycles. The van der Waals surface area contributed by atoms with Gasteiger partial charge in [-0.05, 0) is 69.9 Å². The summed E-state index contributed by atoms with van der Waals surface area (Å²) in [5, 5.41) is 6.21. The second-order valence-corrected chi connectivity index (χ2v) is 10.1. The number of carbonyl (C=O) groups excluding carboxylic acids is 1. The lowest BCUT2D eigenvalue weighted by molar-refractivity contribution is -0.231. The van der Waals surface area contributed by atoms with E-state index in [0.717, 1.165) is 0 Å². The third-order valence-corrected chi connectivity index (χ3v) is 6.30. The van der Waals surface area contributed by atoms with E-state index in [0.29, 0.717) is 46.9 Å². The zero-order valence-corrected chi connectivity index (χ0v) is 20.7. The number of carbonyl (C=O) groups is 1. The number of rotatable bonds is 8. The Morgan fingerprint density at radius 2 is 1.89 bits per heavy atom. The van der Waals surface area contributed by atoms with Gasteiger partial charge in [0.1, 0.15) is 5.82 Å². The van der Waals surface area contributed by atoms with Crippen LogP contribution in [0, 0.1) is 17.2 Å². The van der Waals surface area contributed by atoms with Gasteiger partial charge in [-0.2, -0.15) is 0 Å². The average molecular weight is 495 g/mol. The smallest absolute Gasteiger partial charge is 0.230 e. The van der Waals surface area contributed by atoms with Crippen molar-refractivity contribution in [3.8, 4) is 22.6 Å². The Bertz CT molecular complexity index is 1220. The second kappa shape index (κ2) is 9.94. The molecule has 0 bridgehead atoms. The van der Waals surface area contributed by atoms with Crippen LogP contribution in [0.4, 0.5) is 10.3 Å². The fourth-order valence-electron chi connectivity index (χ4n) is 4.00. The molecule has 1 saturated carbocycles. The van der Waals surface area contributed by atoms with E-state index in [4.69, 9.17) is 14.5 Å². The van der Waals surface area contributed by atoms with Crippen molar-refractivity contribution < 1.29 is 18.7 Å². The maximum atomic E-state index is 13.6. The van der Waals surface area contributed by atoms with Crippen LogP contribution in [0.5, 0.6) is 0 Å². The predicted octanol–water partition coefficient (Wildman–Crippen LogP) is 4.07. The molecule has 1 saturated heterocycles. The van der Waals surface area contributed by atoms with Crippen LogP contribution in [0.1, 0.15) is 45.7 Å². The molecule has 10 heteroatoms. The summed E-state index contributed by atoms with van der Waals surface area (Å²) in [7, 11) is 0. The van der Waals surface area contributed by atoms with Crippen molar-refractivity contribution in [2.45, 2.75) is 45.9 Å². The molecule has 0 unspecified atom stereocenters. The Morgan fingerprint density at radius 1 is 1.17 bits per heavy atom. The van der Waals surface area contributed by atoms with E-state index in [-0.39, 0.29) is 31.0 Å². The van der Waals surface area contributed by atoms with E-state index < -0.39 is 11.7 Å². The van der Waals surface area contributed by atoms with Gasteiger partial charge < -0.3 is 25.1 Å². The maximum Gasteiger partial charge on any atom is 0.230 e. The molecule has 1 amide bonds. The predicted molar refractivity (Wildman–Crippen MR) is 132 cm³/mol. The summed E-state index contributed by atoms with van der Waals surface area (Å²) in [4.78, 5) is 29.7. The van der Waals surface area contributed by atoms with Crippen LogP contribution < -0.4 is 10.6 Å². The lowest BCUT2D eigenvalue weighted by Gasteiger charge is -2.35. The SMILES string of the molecule is CC(C)Nc1nccc(-c2[nH]c(C3OCC(C)(C(=O)NCC4CC4)CO3)nc2-c2ccc(F)cc2)n1. The molecule has 1 aliphatic heterocycles. The minimum absolute atomic E-state index is 0.0637. The van der Waals surface area contributed by atoms with Crippen LogP contribution in [0.2, 0.25) is 0 Å². The van der Waals surface area contributed by atoms with Gasteiger partial charge in [0.25, 0.3) is 0 Å². The number of hydrogen-bond donors (Lipinski definition) is 3. The molecular formula is C26H31FN6O3. The van der Waals surface area contributed by atoms with Crippen LogP contribution in [0.3, 0.4) is 0 Å².